The van der Waals surface area contributed by atoms with Crippen molar-refractivity contribution in [2.24, 2.45) is 5.92 Å². The molecule has 0 aliphatic carbocycles. The van der Waals surface area contributed by atoms with E-state index in [0.29, 0.717) is 12.5 Å². The summed E-state index contributed by atoms with van der Waals surface area (Å²) in [4.78, 5) is 0. The largest absolute Gasteiger partial charge is 0.312 e. The number of nitrogens with one attached hydrogen (secondary N) is 1. The van der Waals surface area contributed by atoms with Crippen LogP contribution < -0.4 is 5.32 Å². The molecular weight excluding hydrogens is 262 g/mol. The van der Waals surface area contributed by atoms with Gasteiger partial charge in [0, 0.05) is 18.3 Å². The first-order chi connectivity index (χ1) is 8.81. The SMILES string of the molecule is CC(C)CNCc1cnn(CCS(=O)(=O)C(C)C)c1. The van der Waals surface area contributed by atoms with Gasteiger partial charge in [-0.05, 0) is 26.3 Å². The van der Waals surface area contributed by atoms with Gasteiger partial charge < -0.3 is 5.32 Å². The van der Waals surface area contributed by atoms with Crippen LogP contribution in [0.3, 0.4) is 0 Å². The summed E-state index contributed by atoms with van der Waals surface area (Å²) in [5.41, 5.74) is 1.09. The van der Waals surface area contributed by atoms with Crippen molar-refractivity contribution in [2.45, 2.75) is 46.0 Å². The Morgan fingerprint density at radius 3 is 2.58 bits per heavy atom. The highest BCUT2D eigenvalue weighted by Crippen LogP contribution is 2.03. The third-order valence-corrected chi connectivity index (χ3v) is 5.08. The van der Waals surface area contributed by atoms with Crippen LogP contribution in [0.4, 0.5) is 0 Å². The van der Waals surface area contributed by atoms with Crippen LogP contribution in [0.1, 0.15) is 33.3 Å². The molecule has 0 bridgehead atoms. The maximum absolute atomic E-state index is 11.7. The van der Waals surface area contributed by atoms with E-state index >= 15 is 0 Å². The topological polar surface area (TPSA) is 64.0 Å². The minimum absolute atomic E-state index is 0.144. The van der Waals surface area contributed by atoms with Crippen molar-refractivity contribution < 1.29 is 8.42 Å². The van der Waals surface area contributed by atoms with Gasteiger partial charge in [0.05, 0.1) is 23.7 Å². The zero-order valence-electron chi connectivity index (χ0n) is 12.3. The van der Waals surface area contributed by atoms with Crippen molar-refractivity contribution in [2.75, 3.05) is 12.3 Å². The molecule has 0 aliphatic rings. The lowest BCUT2D eigenvalue weighted by Gasteiger charge is -2.07. The quantitative estimate of drug-likeness (QED) is 0.786. The standard InChI is InChI=1S/C13H25N3O2S/c1-11(2)7-14-8-13-9-15-16(10-13)5-6-19(17,18)12(3)4/h9-12,14H,5-8H2,1-4H3. The Kier molecular flexibility index (Phi) is 6.00. The van der Waals surface area contributed by atoms with Gasteiger partial charge in [0.25, 0.3) is 0 Å². The van der Waals surface area contributed by atoms with Crippen molar-refractivity contribution >= 4 is 9.84 Å². The van der Waals surface area contributed by atoms with E-state index in [4.69, 9.17) is 0 Å². The monoisotopic (exact) mass is 287 g/mol. The molecule has 0 fully saturated rings. The van der Waals surface area contributed by atoms with Gasteiger partial charge in [-0.2, -0.15) is 5.10 Å². The minimum atomic E-state index is -2.99. The number of aryl methyl sites for hydroxylation is 1. The zero-order valence-corrected chi connectivity index (χ0v) is 13.1. The first-order valence-electron chi connectivity index (χ1n) is 6.75. The van der Waals surface area contributed by atoms with Crippen LogP contribution >= 0.6 is 0 Å². The molecule has 1 N–H and O–H groups in total. The predicted octanol–water partition coefficient (Wildman–Crippen LogP) is 1.45. The number of hydrogen-bond acceptors (Lipinski definition) is 4. The van der Waals surface area contributed by atoms with E-state index in [9.17, 15) is 8.42 Å². The molecule has 1 aromatic heterocycles. The Labute approximate surface area is 116 Å². The van der Waals surface area contributed by atoms with Crippen LogP contribution in [-0.2, 0) is 22.9 Å². The van der Waals surface area contributed by atoms with Gasteiger partial charge in [-0.25, -0.2) is 8.42 Å². The van der Waals surface area contributed by atoms with Crippen molar-refractivity contribution in [1.82, 2.24) is 15.1 Å². The molecule has 6 heteroatoms. The second-order valence-corrected chi connectivity index (χ2v) is 8.23. The Hall–Kier alpha value is -0.880. The lowest BCUT2D eigenvalue weighted by molar-refractivity contribution is 0.551. The van der Waals surface area contributed by atoms with E-state index in [0.717, 1.165) is 18.7 Å². The first-order valence-corrected chi connectivity index (χ1v) is 8.46. The van der Waals surface area contributed by atoms with Gasteiger partial charge in [-0.3, -0.25) is 4.68 Å². The number of rotatable bonds is 8. The summed E-state index contributed by atoms with van der Waals surface area (Å²) in [6.07, 6.45) is 3.69. The normalized spacial score (nSPS) is 12.5. The lowest BCUT2D eigenvalue weighted by atomic mass is 10.2. The van der Waals surface area contributed by atoms with Gasteiger partial charge in [0.1, 0.15) is 0 Å². The average molecular weight is 287 g/mol. The van der Waals surface area contributed by atoms with Gasteiger partial charge in [-0.1, -0.05) is 13.8 Å². The summed E-state index contributed by atoms with van der Waals surface area (Å²) in [6.45, 7) is 9.90. The predicted molar refractivity (Wildman–Crippen MR) is 77.7 cm³/mol. The molecule has 0 aliphatic heterocycles. The third kappa shape index (κ3) is 5.74. The molecule has 1 aromatic rings. The van der Waals surface area contributed by atoms with E-state index in [1.807, 2.05) is 6.20 Å². The molecule has 0 unspecified atom stereocenters. The van der Waals surface area contributed by atoms with Crippen molar-refractivity contribution in [3.8, 4) is 0 Å². The highest BCUT2D eigenvalue weighted by Gasteiger charge is 2.15. The molecule has 0 atom stereocenters. The molecule has 0 aromatic carbocycles. The second-order valence-electron chi connectivity index (χ2n) is 5.55. The van der Waals surface area contributed by atoms with Gasteiger partial charge in [0.15, 0.2) is 9.84 Å². The Bertz CT molecular complexity index is 478. The van der Waals surface area contributed by atoms with E-state index in [-0.39, 0.29) is 11.0 Å². The van der Waals surface area contributed by atoms with Crippen LogP contribution in [0.25, 0.3) is 0 Å². The van der Waals surface area contributed by atoms with E-state index in [1.165, 1.54) is 0 Å². The van der Waals surface area contributed by atoms with Crippen LogP contribution in [0.5, 0.6) is 0 Å². The Morgan fingerprint density at radius 2 is 2.00 bits per heavy atom. The van der Waals surface area contributed by atoms with Crippen LogP contribution in [0.2, 0.25) is 0 Å². The fourth-order valence-corrected chi connectivity index (χ4v) is 2.49. The summed E-state index contributed by atoms with van der Waals surface area (Å²) in [5, 5.41) is 7.20. The molecule has 0 amide bonds. The Balaban J connectivity index is 2.43. The van der Waals surface area contributed by atoms with E-state index < -0.39 is 9.84 Å². The number of hydrogen-bond donors (Lipinski definition) is 1. The maximum Gasteiger partial charge on any atom is 0.154 e. The Morgan fingerprint density at radius 1 is 1.32 bits per heavy atom. The summed E-state index contributed by atoms with van der Waals surface area (Å²) < 4.78 is 25.1. The fraction of sp³-hybridized carbons (Fsp3) is 0.769. The molecular formula is C13H25N3O2S. The highest BCUT2D eigenvalue weighted by molar-refractivity contribution is 7.91. The number of sulfone groups is 1. The second kappa shape index (κ2) is 7.05. The molecule has 19 heavy (non-hydrogen) atoms. The fourth-order valence-electron chi connectivity index (χ4n) is 1.58. The molecule has 110 valence electrons. The summed E-state index contributed by atoms with van der Waals surface area (Å²) in [7, 11) is -2.99. The van der Waals surface area contributed by atoms with Crippen LogP contribution in [-0.4, -0.2) is 35.7 Å². The first kappa shape index (κ1) is 16.2. The molecule has 5 nitrogen and oxygen atoms in total. The molecule has 0 saturated carbocycles. The third-order valence-electron chi connectivity index (χ3n) is 2.89. The van der Waals surface area contributed by atoms with Crippen molar-refractivity contribution in [3.63, 3.8) is 0 Å². The summed E-state index contributed by atoms with van der Waals surface area (Å²) in [6, 6.07) is 0. The number of aromatic nitrogens is 2. The van der Waals surface area contributed by atoms with Crippen molar-refractivity contribution in [3.05, 3.63) is 18.0 Å². The van der Waals surface area contributed by atoms with E-state index in [2.05, 4.69) is 24.3 Å². The van der Waals surface area contributed by atoms with Gasteiger partial charge in [-0.15, -0.1) is 0 Å². The van der Waals surface area contributed by atoms with E-state index in [1.54, 1.807) is 24.7 Å². The molecule has 0 spiro atoms. The minimum Gasteiger partial charge on any atom is -0.312 e. The smallest absolute Gasteiger partial charge is 0.154 e. The lowest BCUT2D eigenvalue weighted by Crippen LogP contribution is -2.21. The molecule has 1 rings (SSSR count). The van der Waals surface area contributed by atoms with Crippen LogP contribution in [0, 0.1) is 5.92 Å². The molecule has 1 heterocycles. The van der Waals surface area contributed by atoms with Gasteiger partial charge in [0.2, 0.25) is 0 Å². The highest BCUT2D eigenvalue weighted by atomic mass is 32.2. The maximum atomic E-state index is 11.7. The zero-order chi connectivity index (χ0) is 14.5. The van der Waals surface area contributed by atoms with Crippen molar-refractivity contribution in [1.29, 1.82) is 0 Å². The van der Waals surface area contributed by atoms with Gasteiger partial charge >= 0.3 is 0 Å². The molecule has 0 saturated heterocycles. The number of nitrogens with zero attached hydrogens (tertiary/aromatic N) is 2. The summed E-state index contributed by atoms with van der Waals surface area (Å²) in [5.74, 6) is 0.761. The average Bonchev–Trinajstić information content (AvgIpc) is 2.74. The molecule has 0 radical (unpaired) electrons. The van der Waals surface area contributed by atoms with Crippen LogP contribution in [0.15, 0.2) is 12.4 Å². The summed E-state index contributed by atoms with van der Waals surface area (Å²) >= 11 is 0.